The minimum Gasteiger partial charge on any atom is -0.454 e. The van der Waals surface area contributed by atoms with E-state index in [4.69, 9.17) is 82.5 Å². The largest absolute Gasteiger partial charge is 0.454 e. The summed E-state index contributed by atoms with van der Waals surface area (Å²) in [6, 6.07) is 0. The number of carbonyl (C=O) groups is 4. The summed E-state index contributed by atoms with van der Waals surface area (Å²) in [4.78, 5) is 44.1. The van der Waals surface area contributed by atoms with Gasteiger partial charge in [0.25, 0.3) is 0 Å². The van der Waals surface area contributed by atoms with Gasteiger partial charge < -0.3 is 56.8 Å². The second kappa shape index (κ2) is 32.4. The lowest BCUT2D eigenvalue weighted by Gasteiger charge is -2.33. The van der Waals surface area contributed by atoms with Gasteiger partial charge >= 0.3 is 23.9 Å². The molecular formula is C33H44O16. The Kier molecular flexibility index (Phi) is 29.6. The van der Waals surface area contributed by atoms with Crippen molar-refractivity contribution < 1.29 is 76.0 Å². The summed E-state index contributed by atoms with van der Waals surface area (Å²) in [7, 11) is 0. The minimum absolute atomic E-state index is 0.000271. The Morgan fingerprint density at radius 1 is 0.327 bits per heavy atom. The molecule has 0 radical (unpaired) electrons. The van der Waals surface area contributed by atoms with E-state index in [9.17, 15) is 19.2 Å². The van der Waals surface area contributed by atoms with Crippen molar-refractivity contribution in [3.63, 3.8) is 0 Å². The lowest BCUT2D eigenvalue weighted by atomic mass is 9.92. The molecule has 0 atom stereocenters. The van der Waals surface area contributed by atoms with Crippen LogP contribution in [0.25, 0.3) is 0 Å². The molecule has 0 rings (SSSR count). The molecule has 0 spiro atoms. The van der Waals surface area contributed by atoms with Crippen molar-refractivity contribution in [2.24, 2.45) is 5.41 Å². The molecule has 0 aliphatic heterocycles. The Labute approximate surface area is 286 Å². The molecule has 16 nitrogen and oxygen atoms in total. The van der Waals surface area contributed by atoms with Crippen LogP contribution < -0.4 is 0 Å². The van der Waals surface area contributed by atoms with Gasteiger partial charge in [0.15, 0.2) is 0 Å². The van der Waals surface area contributed by atoms with E-state index in [-0.39, 0.29) is 132 Å². The molecule has 0 aromatic heterocycles. The zero-order chi connectivity index (χ0) is 36.3. The Morgan fingerprint density at radius 3 is 0.714 bits per heavy atom. The van der Waals surface area contributed by atoms with Crippen LogP contribution >= 0.6 is 0 Å². The van der Waals surface area contributed by atoms with Gasteiger partial charge in [0, 0.05) is 23.7 Å². The Hall–Kier alpha value is -4.20. The zero-order valence-electron chi connectivity index (χ0n) is 27.5. The topological polar surface area (TPSA) is 179 Å². The molecule has 0 aromatic rings. The highest BCUT2D eigenvalue weighted by Crippen LogP contribution is 2.21. The van der Waals surface area contributed by atoms with Crippen molar-refractivity contribution >= 4 is 23.9 Å². The molecule has 0 saturated heterocycles. The van der Waals surface area contributed by atoms with Crippen LogP contribution in [0.2, 0.25) is 0 Å². The molecule has 0 heterocycles. The first kappa shape index (κ1) is 44.8. The second-order valence-corrected chi connectivity index (χ2v) is 9.28. The van der Waals surface area contributed by atoms with Gasteiger partial charge in [0.2, 0.25) is 0 Å². The first-order chi connectivity index (χ1) is 23.8. The minimum atomic E-state index is -0.824. The van der Waals surface area contributed by atoms with Crippen molar-refractivity contribution in [3.05, 3.63) is 0 Å². The Balaban J connectivity index is 5.06. The van der Waals surface area contributed by atoms with Gasteiger partial charge in [-0.15, -0.1) is 25.7 Å². The molecule has 0 unspecified atom stereocenters. The maximum Gasteiger partial charge on any atom is 0.384 e. The molecule has 0 N–H and O–H groups in total. The van der Waals surface area contributed by atoms with E-state index < -0.39 is 29.3 Å². The fourth-order valence-electron chi connectivity index (χ4n) is 3.22. The van der Waals surface area contributed by atoms with Gasteiger partial charge in [0.05, 0.1) is 111 Å². The number of esters is 4. The van der Waals surface area contributed by atoms with Crippen molar-refractivity contribution in [2.75, 3.05) is 132 Å². The van der Waals surface area contributed by atoms with E-state index >= 15 is 0 Å². The molecular weight excluding hydrogens is 652 g/mol. The Morgan fingerprint density at radius 2 is 0.510 bits per heavy atom. The molecule has 272 valence electrons. The average Bonchev–Trinajstić information content (AvgIpc) is 3.11. The normalized spacial score (nSPS) is 10.5. The quantitative estimate of drug-likeness (QED) is 0.0269. The summed E-state index contributed by atoms with van der Waals surface area (Å²) in [5, 5.41) is 0. The van der Waals surface area contributed by atoms with Crippen LogP contribution in [0.15, 0.2) is 0 Å². The highest BCUT2D eigenvalue weighted by molar-refractivity contribution is 5.88. The van der Waals surface area contributed by atoms with E-state index in [1.807, 2.05) is 23.7 Å². The fraction of sp³-hybridized carbons (Fsp3) is 0.636. The van der Waals surface area contributed by atoms with Crippen LogP contribution in [-0.2, 0) is 76.0 Å². The zero-order valence-corrected chi connectivity index (χ0v) is 27.5. The number of rotatable bonds is 32. The summed E-state index contributed by atoms with van der Waals surface area (Å²) in [6.07, 6.45) is 19.8. The highest BCUT2D eigenvalue weighted by Gasteiger charge is 2.32. The van der Waals surface area contributed by atoms with Crippen LogP contribution in [0.1, 0.15) is 0 Å². The monoisotopic (exact) mass is 696 g/mol. The van der Waals surface area contributed by atoms with E-state index in [0.29, 0.717) is 0 Å². The lowest BCUT2D eigenvalue weighted by Crippen LogP contribution is -2.43. The summed E-state index contributed by atoms with van der Waals surface area (Å²) in [5.74, 6) is 4.24. The predicted octanol–water partition coefficient (Wildman–Crippen LogP) is -1.19. The summed E-state index contributed by atoms with van der Waals surface area (Å²) in [6.45, 7) is 2.51. The predicted molar refractivity (Wildman–Crippen MR) is 168 cm³/mol. The molecule has 0 aliphatic rings. The number of terminal acetylenes is 4. The van der Waals surface area contributed by atoms with Crippen LogP contribution in [0, 0.1) is 54.8 Å². The SMILES string of the molecule is C#CC(=O)OCCOCCOCC(COCCOCCOC(=O)C#C)(COCCOCCOC(=O)C#C)COCCOCCOC(=O)C#C. The standard InChI is InChI=1S/C33H44O16/c1-5-29(34)46-21-17-38-9-13-42-25-33(26-43-14-10-39-18-22-47-30(35)6-2,27-44-15-11-40-19-23-48-31(36)7-3)28-45-16-12-41-20-24-49-32(37)8-4/h1-4H,9-28H2. The third-order valence-corrected chi connectivity index (χ3v) is 5.44. The summed E-state index contributed by atoms with van der Waals surface area (Å²) < 4.78 is 64.1. The van der Waals surface area contributed by atoms with Crippen molar-refractivity contribution in [1.82, 2.24) is 0 Å². The van der Waals surface area contributed by atoms with Crippen LogP contribution in [0.5, 0.6) is 0 Å². The number of hydrogen-bond acceptors (Lipinski definition) is 16. The number of hydrogen-bond donors (Lipinski definition) is 0. The first-order valence-corrected chi connectivity index (χ1v) is 15.0. The van der Waals surface area contributed by atoms with Crippen LogP contribution in [0.4, 0.5) is 0 Å². The first-order valence-electron chi connectivity index (χ1n) is 15.0. The average molecular weight is 697 g/mol. The van der Waals surface area contributed by atoms with E-state index in [1.165, 1.54) is 0 Å². The molecule has 49 heavy (non-hydrogen) atoms. The molecule has 0 amide bonds. The van der Waals surface area contributed by atoms with Gasteiger partial charge in [-0.05, 0) is 0 Å². The third-order valence-electron chi connectivity index (χ3n) is 5.44. The van der Waals surface area contributed by atoms with Gasteiger partial charge in [-0.1, -0.05) is 0 Å². The smallest absolute Gasteiger partial charge is 0.384 e. The molecule has 0 aliphatic carbocycles. The summed E-state index contributed by atoms with van der Waals surface area (Å²) in [5.41, 5.74) is -0.824. The maximum absolute atomic E-state index is 11.0. The van der Waals surface area contributed by atoms with Crippen LogP contribution in [0.3, 0.4) is 0 Å². The fourth-order valence-corrected chi connectivity index (χ4v) is 3.22. The van der Waals surface area contributed by atoms with Gasteiger partial charge in [-0.2, -0.15) is 0 Å². The van der Waals surface area contributed by atoms with Gasteiger partial charge in [-0.25, -0.2) is 19.2 Å². The molecule has 0 saturated carbocycles. The Bertz CT molecular complexity index is 920. The van der Waals surface area contributed by atoms with Crippen LogP contribution in [-0.4, -0.2) is 156 Å². The van der Waals surface area contributed by atoms with Gasteiger partial charge in [-0.3, -0.25) is 0 Å². The number of carbonyl (C=O) groups excluding carboxylic acids is 4. The van der Waals surface area contributed by atoms with Crippen molar-refractivity contribution in [2.45, 2.75) is 0 Å². The molecule has 0 fully saturated rings. The second-order valence-electron chi connectivity index (χ2n) is 9.28. The lowest BCUT2D eigenvalue weighted by molar-refractivity contribution is -0.139. The summed E-state index contributed by atoms with van der Waals surface area (Å²) >= 11 is 0. The number of ether oxygens (including phenoxy) is 12. The molecule has 16 heteroatoms. The highest BCUT2D eigenvalue weighted by atomic mass is 16.6. The van der Waals surface area contributed by atoms with Gasteiger partial charge in [0.1, 0.15) is 26.4 Å². The van der Waals surface area contributed by atoms with E-state index in [0.717, 1.165) is 0 Å². The maximum atomic E-state index is 11.0. The third kappa shape index (κ3) is 28.5. The van der Waals surface area contributed by atoms with Crippen molar-refractivity contribution in [3.8, 4) is 49.4 Å². The van der Waals surface area contributed by atoms with Crippen molar-refractivity contribution in [1.29, 1.82) is 0 Å². The van der Waals surface area contributed by atoms with E-state index in [1.54, 1.807) is 0 Å². The van der Waals surface area contributed by atoms with E-state index in [2.05, 4.69) is 0 Å². The molecule has 0 aromatic carbocycles. The molecule has 0 bridgehead atoms.